The topological polar surface area (TPSA) is 115 Å². The predicted molar refractivity (Wildman–Crippen MR) is 116 cm³/mol. The van der Waals surface area contributed by atoms with Gasteiger partial charge in [-0.2, -0.15) is 4.31 Å². The van der Waals surface area contributed by atoms with Crippen molar-refractivity contribution < 1.29 is 17.9 Å². The van der Waals surface area contributed by atoms with Crippen LogP contribution in [-0.4, -0.2) is 55.6 Å². The van der Waals surface area contributed by atoms with Crippen LogP contribution in [0.3, 0.4) is 0 Å². The fraction of sp³-hybridized carbons (Fsp3) is 0.444. The Labute approximate surface area is 183 Å². The van der Waals surface area contributed by atoms with Crippen LogP contribution in [-0.2, 0) is 19.6 Å². The lowest BCUT2D eigenvalue weighted by atomic mass is 10.1. The van der Waals surface area contributed by atoms with Crippen LogP contribution >= 0.6 is 24.8 Å². The molecule has 162 valence electrons. The second kappa shape index (κ2) is 10.5. The molecular formula is C18H26Cl2N4O4S. The number of halogens is 2. The van der Waals surface area contributed by atoms with Gasteiger partial charge < -0.3 is 15.8 Å². The minimum absolute atomic E-state index is 0. The molecule has 1 saturated heterocycles. The molecule has 8 nitrogen and oxygen atoms in total. The highest BCUT2D eigenvalue weighted by Crippen LogP contribution is 2.27. The Morgan fingerprint density at radius 1 is 1.31 bits per heavy atom. The molecule has 0 radical (unpaired) electrons. The standard InChI is InChI=1S/C18H24N4O4S.2ClH/c1-12-10-21-17(15-7-4-3-6-14(12)15)27(24,25)22-9-5-8-20-11-16(22)26-18(23)13(2)19;;/h3-4,6-7,10,13,16,20H,5,8-9,11,19H2,1-2H3;2*1H/t13-,16-;;/m0../s1. The molecule has 2 aromatic rings. The average molecular weight is 465 g/mol. The van der Waals surface area contributed by atoms with E-state index < -0.39 is 28.3 Å². The molecule has 1 aromatic carbocycles. The monoisotopic (exact) mass is 464 g/mol. The van der Waals surface area contributed by atoms with E-state index in [1.807, 2.05) is 19.1 Å². The maximum absolute atomic E-state index is 13.4. The quantitative estimate of drug-likeness (QED) is 0.659. The Hall–Kier alpha value is -1.49. The first-order valence-electron chi connectivity index (χ1n) is 8.85. The molecule has 2 heterocycles. The Morgan fingerprint density at radius 3 is 2.62 bits per heavy atom. The minimum Gasteiger partial charge on any atom is -0.443 e. The molecule has 2 atom stereocenters. The molecule has 1 aliphatic heterocycles. The van der Waals surface area contributed by atoms with Crippen molar-refractivity contribution in [1.29, 1.82) is 0 Å². The minimum atomic E-state index is -3.99. The van der Waals surface area contributed by atoms with Crippen LogP contribution in [0.1, 0.15) is 18.9 Å². The summed E-state index contributed by atoms with van der Waals surface area (Å²) < 4.78 is 33.5. The zero-order valence-corrected chi connectivity index (χ0v) is 18.6. The van der Waals surface area contributed by atoms with Gasteiger partial charge in [-0.1, -0.05) is 24.3 Å². The van der Waals surface area contributed by atoms with E-state index in [4.69, 9.17) is 10.5 Å². The van der Waals surface area contributed by atoms with Gasteiger partial charge in [-0.25, -0.2) is 13.4 Å². The second-order valence-electron chi connectivity index (χ2n) is 6.65. The summed E-state index contributed by atoms with van der Waals surface area (Å²) in [6, 6.07) is 6.40. The second-order valence-corrected chi connectivity index (χ2v) is 8.45. The summed E-state index contributed by atoms with van der Waals surface area (Å²) in [5.41, 5.74) is 6.46. The third-order valence-corrected chi connectivity index (χ3v) is 6.36. The molecule has 1 aliphatic rings. The highest BCUT2D eigenvalue weighted by Gasteiger charge is 2.37. The molecule has 0 saturated carbocycles. The van der Waals surface area contributed by atoms with E-state index in [0.29, 0.717) is 18.4 Å². The van der Waals surface area contributed by atoms with Gasteiger partial charge in [0, 0.05) is 24.7 Å². The van der Waals surface area contributed by atoms with Crippen LogP contribution < -0.4 is 11.1 Å². The van der Waals surface area contributed by atoms with E-state index in [1.54, 1.807) is 18.3 Å². The zero-order valence-electron chi connectivity index (χ0n) is 16.2. The number of nitrogens with zero attached hydrogens (tertiary/aromatic N) is 2. The van der Waals surface area contributed by atoms with Crippen molar-refractivity contribution in [2.45, 2.75) is 37.6 Å². The Bertz CT molecular complexity index is 956. The summed E-state index contributed by atoms with van der Waals surface area (Å²) in [4.78, 5) is 16.2. The molecule has 11 heteroatoms. The van der Waals surface area contributed by atoms with Gasteiger partial charge in [0.2, 0.25) is 0 Å². The number of hydrogen-bond donors (Lipinski definition) is 2. The number of carbonyl (C=O) groups is 1. The van der Waals surface area contributed by atoms with E-state index in [-0.39, 0.29) is 42.9 Å². The number of carbonyl (C=O) groups excluding carboxylic acids is 1. The third-order valence-electron chi connectivity index (χ3n) is 4.51. The van der Waals surface area contributed by atoms with Gasteiger partial charge in [0.15, 0.2) is 11.3 Å². The molecule has 0 spiro atoms. The average Bonchev–Trinajstić information content (AvgIpc) is 2.88. The lowest BCUT2D eigenvalue weighted by Crippen LogP contribution is -2.48. The SMILES string of the molecule is Cc1cnc(S(=O)(=O)N2CCCNC[C@@H]2OC(=O)[C@H](C)N)c2ccccc12.Cl.Cl. The number of sulfonamides is 1. The molecular weight excluding hydrogens is 439 g/mol. The number of ether oxygens (including phenoxy) is 1. The van der Waals surface area contributed by atoms with Crippen LogP contribution in [0.4, 0.5) is 0 Å². The molecule has 0 bridgehead atoms. The van der Waals surface area contributed by atoms with Crippen LogP contribution in [0.5, 0.6) is 0 Å². The first-order valence-corrected chi connectivity index (χ1v) is 10.3. The molecule has 0 unspecified atom stereocenters. The molecule has 1 fully saturated rings. The number of hydrogen-bond acceptors (Lipinski definition) is 7. The van der Waals surface area contributed by atoms with Crippen LogP contribution in [0.2, 0.25) is 0 Å². The van der Waals surface area contributed by atoms with Crippen molar-refractivity contribution >= 4 is 51.6 Å². The summed E-state index contributed by atoms with van der Waals surface area (Å²) in [5.74, 6) is -0.648. The lowest BCUT2D eigenvalue weighted by molar-refractivity contribution is -0.155. The van der Waals surface area contributed by atoms with Gasteiger partial charge in [-0.15, -0.1) is 24.8 Å². The van der Waals surface area contributed by atoms with E-state index in [9.17, 15) is 13.2 Å². The number of nitrogens with one attached hydrogen (secondary N) is 1. The van der Waals surface area contributed by atoms with Crippen molar-refractivity contribution in [3.8, 4) is 0 Å². The summed E-state index contributed by atoms with van der Waals surface area (Å²) in [6.07, 6.45) is 1.17. The normalized spacial score (nSPS) is 18.8. The van der Waals surface area contributed by atoms with E-state index in [0.717, 1.165) is 10.9 Å². The number of nitrogens with two attached hydrogens (primary N) is 1. The zero-order chi connectivity index (χ0) is 19.6. The summed E-state index contributed by atoms with van der Waals surface area (Å²) in [5, 5.41) is 4.43. The molecule has 29 heavy (non-hydrogen) atoms. The van der Waals surface area contributed by atoms with Gasteiger partial charge in [0.1, 0.15) is 6.04 Å². The first kappa shape index (κ1) is 25.5. The molecule has 0 amide bonds. The number of rotatable bonds is 4. The summed E-state index contributed by atoms with van der Waals surface area (Å²) in [6.45, 7) is 4.42. The largest absolute Gasteiger partial charge is 0.443 e. The summed E-state index contributed by atoms with van der Waals surface area (Å²) >= 11 is 0. The molecule has 3 rings (SSSR count). The van der Waals surface area contributed by atoms with Gasteiger partial charge in [-0.05, 0) is 37.8 Å². The Morgan fingerprint density at radius 2 is 1.97 bits per heavy atom. The smallest absolute Gasteiger partial charge is 0.324 e. The van der Waals surface area contributed by atoms with Gasteiger partial charge in [-0.3, -0.25) is 4.79 Å². The third kappa shape index (κ3) is 5.36. The highest BCUT2D eigenvalue weighted by molar-refractivity contribution is 7.89. The predicted octanol–water partition coefficient (Wildman–Crippen LogP) is 1.59. The number of pyridine rings is 1. The fourth-order valence-electron chi connectivity index (χ4n) is 3.07. The van der Waals surface area contributed by atoms with E-state index >= 15 is 0 Å². The Kier molecular flexibility index (Phi) is 9.26. The van der Waals surface area contributed by atoms with Crippen molar-refractivity contribution in [3.63, 3.8) is 0 Å². The van der Waals surface area contributed by atoms with Crippen molar-refractivity contribution in [2.24, 2.45) is 5.73 Å². The lowest BCUT2D eigenvalue weighted by Gasteiger charge is -2.29. The fourth-order valence-corrected chi connectivity index (χ4v) is 4.73. The number of benzene rings is 1. The summed E-state index contributed by atoms with van der Waals surface area (Å²) in [7, 11) is -3.99. The van der Waals surface area contributed by atoms with Gasteiger partial charge >= 0.3 is 5.97 Å². The Balaban J connectivity index is 0.00000210. The van der Waals surface area contributed by atoms with Crippen LogP contribution in [0.25, 0.3) is 10.8 Å². The number of aryl methyl sites for hydroxylation is 1. The maximum atomic E-state index is 13.4. The number of esters is 1. The van der Waals surface area contributed by atoms with Crippen molar-refractivity contribution in [1.82, 2.24) is 14.6 Å². The van der Waals surface area contributed by atoms with Crippen molar-refractivity contribution in [2.75, 3.05) is 19.6 Å². The molecule has 0 aliphatic carbocycles. The highest BCUT2D eigenvalue weighted by atomic mass is 35.5. The first-order chi connectivity index (χ1) is 12.8. The number of fused-ring (bicyclic) bond motifs is 1. The maximum Gasteiger partial charge on any atom is 0.324 e. The van der Waals surface area contributed by atoms with Gasteiger partial charge in [0.05, 0.1) is 0 Å². The molecule has 3 N–H and O–H groups in total. The van der Waals surface area contributed by atoms with Crippen LogP contribution in [0.15, 0.2) is 35.5 Å². The van der Waals surface area contributed by atoms with E-state index in [2.05, 4.69) is 10.3 Å². The van der Waals surface area contributed by atoms with Gasteiger partial charge in [0.25, 0.3) is 10.0 Å². The molecule has 1 aromatic heterocycles. The van der Waals surface area contributed by atoms with Crippen molar-refractivity contribution in [3.05, 3.63) is 36.0 Å². The van der Waals surface area contributed by atoms with Crippen LogP contribution in [0, 0.1) is 6.92 Å². The number of aromatic nitrogens is 1. The van der Waals surface area contributed by atoms with E-state index in [1.165, 1.54) is 11.2 Å².